The Balaban J connectivity index is 2.09. The molecule has 1 N–H and O–H groups in total. The topological polar surface area (TPSA) is 71.4 Å². The number of carboxylic acids is 1. The van der Waals surface area contributed by atoms with Crippen LogP contribution >= 0.6 is 0 Å². The largest absolute Gasteiger partial charge is 0.481 e. The second-order valence-corrected chi connectivity index (χ2v) is 6.37. The van der Waals surface area contributed by atoms with Gasteiger partial charge >= 0.3 is 5.97 Å². The molecule has 0 saturated heterocycles. The number of aliphatic carboxylic acids is 1. The van der Waals surface area contributed by atoms with E-state index in [1.165, 1.54) is 0 Å². The maximum Gasteiger partial charge on any atom is 0.310 e. The number of hydrogen-bond donors (Lipinski definition) is 1. The summed E-state index contributed by atoms with van der Waals surface area (Å²) in [5, 5.41) is 8.57. The highest BCUT2D eigenvalue weighted by Gasteiger charge is 2.55. The molecule has 2 aliphatic rings. The lowest BCUT2D eigenvalue weighted by molar-refractivity contribution is -0.142. The van der Waals surface area contributed by atoms with E-state index in [1.807, 2.05) is 0 Å². The van der Waals surface area contributed by atoms with Crippen molar-refractivity contribution in [3.63, 3.8) is 0 Å². The maximum atomic E-state index is 11.5. The zero-order valence-corrected chi connectivity index (χ0v) is 8.01. The molecule has 4 nitrogen and oxygen atoms in total. The summed E-state index contributed by atoms with van der Waals surface area (Å²) >= 11 is 0. The van der Waals surface area contributed by atoms with Gasteiger partial charge in [-0.1, -0.05) is 0 Å². The van der Waals surface area contributed by atoms with Crippen molar-refractivity contribution in [2.45, 2.75) is 30.9 Å². The van der Waals surface area contributed by atoms with Gasteiger partial charge in [0.25, 0.3) is 0 Å². The zero-order chi connectivity index (χ0) is 9.69. The number of carbonyl (C=O) groups is 1. The lowest BCUT2D eigenvalue weighted by atomic mass is 10.1. The predicted molar refractivity (Wildman–Crippen MR) is 46.1 cm³/mol. The van der Waals surface area contributed by atoms with Crippen molar-refractivity contribution in [1.82, 2.24) is 0 Å². The van der Waals surface area contributed by atoms with Gasteiger partial charge in [0.2, 0.25) is 0 Å². The Hall–Kier alpha value is -0.580. The van der Waals surface area contributed by atoms with Crippen LogP contribution in [0.5, 0.6) is 0 Å². The second kappa shape index (κ2) is 2.47. The fourth-order valence-electron chi connectivity index (χ4n) is 1.50. The van der Waals surface area contributed by atoms with Crippen LogP contribution in [0.3, 0.4) is 0 Å². The second-order valence-electron chi connectivity index (χ2n) is 4.09. The fraction of sp³-hybridized carbons (Fsp3) is 0.875. The quantitative estimate of drug-likeness (QED) is 0.720. The summed E-state index contributed by atoms with van der Waals surface area (Å²) in [4.78, 5) is 10.7. The van der Waals surface area contributed by atoms with Crippen molar-refractivity contribution in [3.8, 4) is 0 Å². The minimum atomic E-state index is -3.11. The molecule has 0 unspecified atom stereocenters. The SMILES string of the molecule is O=C(O)C1(CS(=O)(=O)C2CC2)CC1. The summed E-state index contributed by atoms with van der Waals surface area (Å²) in [5.74, 6) is -1.09. The van der Waals surface area contributed by atoms with E-state index in [-0.39, 0.29) is 11.0 Å². The van der Waals surface area contributed by atoms with Gasteiger partial charge in [-0.3, -0.25) is 4.79 Å². The molecule has 2 fully saturated rings. The van der Waals surface area contributed by atoms with Gasteiger partial charge < -0.3 is 5.11 Å². The van der Waals surface area contributed by atoms with E-state index in [0.717, 1.165) is 12.8 Å². The summed E-state index contributed by atoms with van der Waals surface area (Å²) in [7, 11) is -3.11. The standard InChI is InChI=1S/C8H12O4S/c9-7(10)8(3-4-8)5-13(11,12)6-1-2-6/h6H,1-5H2,(H,9,10). The van der Waals surface area contributed by atoms with Crippen molar-refractivity contribution < 1.29 is 18.3 Å². The lowest BCUT2D eigenvalue weighted by Gasteiger charge is -2.08. The third kappa shape index (κ3) is 1.57. The number of hydrogen-bond acceptors (Lipinski definition) is 3. The summed E-state index contributed by atoms with van der Waals surface area (Å²) < 4.78 is 23.0. The number of carboxylic acid groups (broad SMARTS) is 1. The van der Waals surface area contributed by atoms with E-state index in [9.17, 15) is 13.2 Å². The minimum absolute atomic E-state index is 0.139. The molecule has 0 heterocycles. The minimum Gasteiger partial charge on any atom is -0.481 e. The van der Waals surface area contributed by atoms with Crippen molar-refractivity contribution in [1.29, 1.82) is 0 Å². The average molecular weight is 204 g/mol. The zero-order valence-electron chi connectivity index (χ0n) is 7.19. The third-order valence-electron chi connectivity index (χ3n) is 2.82. The molecule has 0 spiro atoms. The first-order valence-corrected chi connectivity index (χ1v) is 6.13. The first kappa shape index (κ1) is 8.99. The molecule has 0 atom stereocenters. The molecule has 0 aromatic heterocycles. The van der Waals surface area contributed by atoms with Crippen LogP contribution in [0.15, 0.2) is 0 Å². The van der Waals surface area contributed by atoms with Gasteiger partial charge in [-0.05, 0) is 25.7 Å². The molecule has 5 heteroatoms. The van der Waals surface area contributed by atoms with Crippen LogP contribution in [0.25, 0.3) is 0 Å². The van der Waals surface area contributed by atoms with Crippen molar-refractivity contribution >= 4 is 15.8 Å². The molecule has 0 radical (unpaired) electrons. The molecule has 0 amide bonds. The van der Waals surface area contributed by atoms with Crippen LogP contribution in [0.1, 0.15) is 25.7 Å². The van der Waals surface area contributed by atoms with E-state index < -0.39 is 21.2 Å². The van der Waals surface area contributed by atoms with Gasteiger partial charge in [0.1, 0.15) is 0 Å². The van der Waals surface area contributed by atoms with Crippen LogP contribution in [-0.2, 0) is 14.6 Å². The van der Waals surface area contributed by atoms with Crippen LogP contribution in [0, 0.1) is 5.41 Å². The monoisotopic (exact) mass is 204 g/mol. The molecule has 0 aromatic carbocycles. The maximum absolute atomic E-state index is 11.5. The highest BCUT2D eigenvalue weighted by Crippen LogP contribution is 2.48. The number of rotatable bonds is 4. The molecule has 0 aromatic rings. The molecule has 0 bridgehead atoms. The fourth-order valence-corrected chi connectivity index (χ4v) is 3.77. The predicted octanol–water partition coefficient (Wildman–Crippen LogP) is 0.428. The van der Waals surface area contributed by atoms with E-state index in [2.05, 4.69) is 0 Å². The molecule has 2 saturated carbocycles. The molecular formula is C8H12O4S. The van der Waals surface area contributed by atoms with Gasteiger partial charge in [0.05, 0.1) is 16.4 Å². The highest BCUT2D eigenvalue weighted by molar-refractivity contribution is 7.92. The van der Waals surface area contributed by atoms with Crippen LogP contribution in [-0.4, -0.2) is 30.5 Å². The summed E-state index contributed by atoms with van der Waals surface area (Å²) in [6.45, 7) is 0. The van der Waals surface area contributed by atoms with Crippen molar-refractivity contribution in [2.75, 3.05) is 5.75 Å². The van der Waals surface area contributed by atoms with Gasteiger partial charge in [-0.2, -0.15) is 0 Å². The van der Waals surface area contributed by atoms with Crippen LogP contribution in [0.4, 0.5) is 0 Å². The normalized spacial score (nSPS) is 25.5. The Labute approximate surface area is 76.9 Å². The Bertz CT molecular complexity index is 335. The summed E-state index contributed by atoms with van der Waals surface area (Å²) in [5.41, 5.74) is -0.915. The first-order chi connectivity index (χ1) is 5.96. The first-order valence-electron chi connectivity index (χ1n) is 4.41. The number of sulfone groups is 1. The molecule has 0 aliphatic heterocycles. The molecular weight excluding hydrogens is 192 g/mol. The lowest BCUT2D eigenvalue weighted by Crippen LogP contribution is -2.27. The van der Waals surface area contributed by atoms with E-state index >= 15 is 0 Å². The Kier molecular flexibility index (Phi) is 1.71. The smallest absolute Gasteiger partial charge is 0.310 e. The Morgan fingerprint density at radius 1 is 1.38 bits per heavy atom. The molecule has 2 rings (SSSR count). The summed E-state index contributed by atoms with van der Waals surface area (Å²) in [6, 6.07) is 0. The van der Waals surface area contributed by atoms with Gasteiger partial charge in [0.15, 0.2) is 9.84 Å². The van der Waals surface area contributed by atoms with E-state index in [0.29, 0.717) is 12.8 Å². The molecule has 13 heavy (non-hydrogen) atoms. The van der Waals surface area contributed by atoms with E-state index in [1.54, 1.807) is 0 Å². The van der Waals surface area contributed by atoms with Gasteiger partial charge in [-0.25, -0.2) is 8.42 Å². The third-order valence-corrected chi connectivity index (χ3v) is 5.26. The van der Waals surface area contributed by atoms with Crippen molar-refractivity contribution in [3.05, 3.63) is 0 Å². The van der Waals surface area contributed by atoms with Gasteiger partial charge in [0, 0.05) is 0 Å². The molecule has 74 valence electrons. The van der Waals surface area contributed by atoms with Crippen LogP contribution < -0.4 is 0 Å². The van der Waals surface area contributed by atoms with E-state index in [4.69, 9.17) is 5.11 Å². The van der Waals surface area contributed by atoms with Crippen molar-refractivity contribution in [2.24, 2.45) is 5.41 Å². The highest BCUT2D eigenvalue weighted by atomic mass is 32.2. The summed E-state index contributed by atoms with van der Waals surface area (Å²) in [6.07, 6.45) is 2.48. The van der Waals surface area contributed by atoms with Gasteiger partial charge in [-0.15, -0.1) is 0 Å². The Morgan fingerprint density at radius 2 is 1.92 bits per heavy atom. The average Bonchev–Trinajstić information content (AvgIpc) is 2.81. The Morgan fingerprint density at radius 3 is 2.23 bits per heavy atom. The van der Waals surface area contributed by atoms with Crippen LogP contribution in [0.2, 0.25) is 0 Å². The molecule has 2 aliphatic carbocycles.